The van der Waals surface area contributed by atoms with Gasteiger partial charge in [0.2, 0.25) is 0 Å². The van der Waals surface area contributed by atoms with E-state index in [0.717, 1.165) is 6.07 Å². The van der Waals surface area contributed by atoms with Gasteiger partial charge in [-0.25, -0.2) is 8.78 Å². The third kappa shape index (κ3) is 1.33. The molecule has 0 saturated carbocycles. The van der Waals surface area contributed by atoms with Crippen LogP contribution in [0.25, 0.3) is 10.9 Å². The molecule has 78 valence electrons. The number of aromatic amines is 1. The van der Waals surface area contributed by atoms with Crippen LogP contribution >= 0.6 is 0 Å². The first-order chi connectivity index (χ1) is 7.02. The molecule has 15 heavy (non-hydrogen) atoms. The predicted octanol–water partition coefficient (Wildman–Crippen LogP) is 2.42. The summed E-state index contributed by atoms with van der Waals surface area (Å²) in [6, 6.07) is 2.25. The lowest BCUT2D eigenvalue weighted by Gasteiger charge is -2.05. The summed E-state index contributed by atoms with van der Waals surface area (Å²) in [5.41, 5.74) is 0.744. The van der Waals surface area contributed by atoms with Crippen molar-refractivity contribution in [3.8, 4) is 0 Å². The predicted molar refractivity (Wildman–Crippen MR) is 54.0 cm³/mol. The Labute approximate surface area is 84.6 Å². The first kappa shape index (κ1) is 9.83. The lowest BCUT2D eigenvalue weighted by Crippen LogP contribution is -2.10. The summed E-state index contributed by atoms with van der Waals surface area (Å²) in [6.07, 6.45) is 0. The van der Waals surface area contributed by atoms with Gasteiger partial charge in [0.05, 0.1) is 5.52 Å². The molecule has 2 nitrogen and oxygen atoms in total. The van der Waals surface area contributed by atoms with E-state index in [2.05, 4.69) is 4.98 Å². The Bertz CT molecular complexity index is 602. The average Bonchev–Trinajstić information content (AvgIpc) is 2.21. The van der Waals surface area contributed by atoms with Crippen molar-refractivity contribution in [3.63, 3.8) is 0 Å². The van der Waals surface area contributed by atoms with Gasteiger partial charge >= 0.3 is 0 Å². The molecule has 0 aliphatic heterocycles. The Morgan fingerprint density at radius 3 is 2.53 bits per heavy atom. The van der Waals surface area contributed by atoms with Crippen molar-refractivity contribution < 1.29 is 8.78 Å². The van der Waals surface area contributed by atoms with Gasteiger partial charge in [-0.2, -0.15) is 0 Å². The summed E-state index contributed by atoms with van der Waals surface area (Å²) in [6.45, 7) is 3.30. The molecule has 2 aromatic rings. The Balaban J connectivity index is 3.06. The highest BCUT2D eigenvalue weighted by molar-refractivity contribution is 5.80. The largest absolute Gasteiger partial charge is 0.356 e. The van der Waals surface area contributed by atoms with Crippen LogP contribution in [0.2, 0.25) is 0 Å². The molecule has 2 rings (SSSR count). The summed E-state index contributed by atoms with van der Waals surface area (Å²) < 4.78 is 26.3. The van der Waals surface area contributed by atoms with Crippen molar-refractivity contribution in [3.05, 3.63) is 45.2 Å². The van der Waals surface area contributed by atoms with Gasteiger partial charge in [0.1, 0.15) is 0 Å². The molecule has 4 heteroatoms. The molecule has 1 aromatic carbocycles. The quantitative estimate of drug-likeness (QED) is 0.710. The van der Waals surface area contributed by atoms with Gasteiger partial charge in [0.25, 0.3) is 0 Å². The van der Waals surface area contributed by atoms with Gasteiger partial charge in [-0.05, 0) is 26.0 Å². The zero-order valence-electron chi connectivity index (χ0n) is 8.32. The monoisotopic (exact) mass is 209 g/mol. The zero-order valence-corrected chi connectivity index (χ0v) is 8.32. The fraction of sp³-hybridized carbons (Fsp3) is 0.182. The second-order valence-corrected chi connectivity index (χ2v) is 3.49. The Morgan fingerprint density at radius 1 is 1.20 bits per heavy atom. The molecule has 0 spiro atoms. The Morgan fingerprint density at radius 2 is 1.87 bits per heavy atom. The van der Waals surface area contributed by atoms with Crippen LogP contribution in [0.3, 0.4) is 0 Å². The molecule has 0 aliphatic rings. The molecule has 0 amide bonds. The average molecular weight is 209 g/mol. The highest BCUT2D eigenvalue weighted by Crippen LogP contribution is 2.17. The van der Waals surface area contributed by atoms with Crippen molar-refractivity contribution in [2.24, 2.45) is 0 Å². The van der Waals surface area contributed by atoms with Gasteiger partial charge in [0.15, 0.2) is 17.1 Å². The third-order valence-electron chi connectivity index (χ3n) is 2.56. The minimum atomic E-state index is -1.01. The fourth-order valence-corrected chi connectivity index (χ4v) is 1.52. The molecule has 1 N–H and O–H groups in total. The van der Waals surface area contributed by atoms with Gasteiger partial charge in [0, 0.05) is 16.6 Å². The second kappa shape index (κ2) is 3.15. The fourth-order valence-electron chi connectivity index (χ4n) is 1.52. The zero-order chi connectivity index (χ0) is 11.2. The second-order valence-electron chi connectivity index (χ2n) is 3.49. The minimum Gasteiger partial charge on any atom is -0.356 e. The van der Waals surface area contributed by atoms with Crippen molar-refractivity contribution in [2.45, 2.75) is 13.8 Å². The number of rotatable bonds is 0. The molecule has 0 aliphatic carbocycles. The first-order valence-corrected chi connectivity index (χ1v) is 4.49. The van der Waals surface area contributed by atoms with E-state index in [4.69, 9.17) is 0 Å². The van der Waals surface area contributed by atoms with Gasteiger partial charge in [-0.1, -0.05) is 0 Å². The summed E-state index contributed by atoms with van der Waals surface area (Å²) in [4.78, 5) is 14.4. The maximum atomic E-state index is 13.3. The Kier molecular flexibility index (Phi) is 2.07. The van der Waals surface area contributed by atoms with Crippen molar-refractivity contribution in [1.82, 2.24) is 4.98 Å². The number of H-pyrrole nitrogens is 1. The van der Waals surface area contributed by atoms with Gasteiger partial charge in [-0.15, -0.1) is 0 Å². The smallest absolute Gasteiger partial charge is 0.192 e. The van der Waals surface area contributed by atoms with E-state index in [1.54, 1.807) is 13.8 Å². The molecule has 1 aromatic heterocycles. The molecule has 0 unspecified atom stereocenters. The molecule has 1 heterocycles. The number of pyridine rings is 1. The van der Waals surface area contributed by atoms with Crippen LogP contribution < -0.4 is 5.43 Å². The summed E-state index contributed by atoms with van der Waals surface area (Å²) >= 11 is 0. The van der Waals surface area contributed by atoms with Crippen LogP contribution in [0.4, 0.5) is 8.78 Å². The van der Waals surface area contributed by atoms with Crippen molar-refractivity contribution >= 4 is 10.9 Å². The molecular weight excluding hydrogens is 200 g/mol. The third-order valence-corrected chi connectivity index (χ3v) is 2.56. The Hall–Kier alpha value is -1.71. The SMILES string of the molecule is Cc1[nH]c2c(F)c(F)ccc2c(=O)c1C. The van der Waals surface area contributed by atoms with Crippen molar-refractivity contribution in [2.75, 3.05) is 0 Å². The number of halogens is 2. The topological polar surface area (TPSA) is 32.9 Å². The van der Waals surface area contributed by atoms with E-state index in [0.29, 0.717) is 11.3 Å². The molecule has 0 fully saturated rings. The number of benzene rings is 1. The first-order valence-electron chi connectivity index (χ1n) is 4.49. The van der Waals surface area contributed by atoms with Crippen LogP contribution in [0.5, 0.6) is 0 Å². The van der Waals surface area contributed by atoms with E-state index in [1.165, 1.54) is 6.07 Å². The maximum Gasteiger partial charge on any atom is 0.192 e. The van der Waals surface area contributed by atoms with E-state index < -0.39 is 11.6 Å². The summed E-state index contributed by atoms with van der Waals surface area (Å²) in [5, 5.41) is 0.178. The van der Waals surface area contributed by atoms with Crippen LogP contribution in [-0.2, 0) is 0 Å². The molecule has 0 atom stereocenters. The maximum absolute atomic E-state index is 13.3. The molecule has 0 radical (unpaired) electrons. The van der Waals surface area contributed by atoms with Crippen molar-refractivity contribution in [1.29, 1.82) is 0 Å². The standard InChI is InChI=1S/C11H9F2NO/c1-5-6(2)14-10-7(11(5)15)3-4-8(12)9(10)13/h3-4H,1-2H3,(H,14,15). The van der Waals surface area contributed by atoms with Crippen LogP contribution in [-0.4, -0.2) is 4.98 Å². The number of nitrogens with one attached hydrogen (secondary N) is 1. The van der Waals surface area contributed by atoms with E-state index >= 15 is 0 Å². The van der Waals surface area contributed by atoms with Crippen LogP contribution in [0, 0.1) is 25.5 Å². The lowest BCUT2D eigenvalue weighted by molar-refractivity contribution is 0.515. The lowest BCUT2D eigenvalue weighted by atomic mass is 10.1. The number of aryl methyl sites for hydroxylation is 1. The highest BCUT2D eigenvalue weighted by atomic mass is 19.2. The number of hydrogen-bond acceptors (Lipinski definition) is 1. The minimum absolute atomic E-state index is 0.0666. The van der Waals surface area contributed by atoms with Gasteiger partial charge < -0.3 is 4.98 Å². The molecular formula is C11H9F2NO. The number of hydrogen-bond donors (Lipinski definition) is 1. The summed E-state index contributed by atoms with van der Waals surface area (Å²) in [5.74, 6) is -1.96. The van der Waals surface area contributed by atoms with Gasteiger partial charge in [-0.3, -0.25) is 4.79 Å². The van der Waals surface area contributed by atoms with Crippen LogP contribution in [0.15, 0.2) is 16.9 Å². The van der Waals surface area contributed by atoms with E-state index in [9.17, 15) is 13.6 Å². The molecule has 0 bridgehead atoms. The van der Waals surface area contributed by atoms with Crippen LogP contribution in [0.1, 0.15) is 11.3 Å². The van der Waals surface area contributed by atoms with E-state index in [-0.39, 0.29) is 16.3 Å². The number of fused-ring (bicyclic) bond motifs is 1. The highest BCUT2D eigenvalue weighted by Gasteiger charge is 2.12. The van der Waals surface area contributed by atoms with E-state index in [1.807, 2.05) is 0 Å². The normalized spacial score (nSPS) is 10.9. The summed E-state index contributed by atoms with van der Waals surface area (Å²) in [7, 11) is 0. The molecule has 0 saturated heterocycles. The number of aromatic nitrogens is 1.